The Labute approximate surface area is 135 Å². The van der Waals surface area contributed by atoms with Crippen LogP contribution in [0, 0.1) is 23.2 Å². The quantitative estimate of drug-likeness (QED) is 0.548. The van der Waals surface area contributed by atoms with Crippen molar-refractivity contribution in [3.05, 3.63) is 0 Å². The Morgan fingerprint density at radius 1 is 1.00 bits per heavy atom. The van der Waals surface area contributed by atoms with Crippen molar-refractivity contribution in [3.8, 4) is 0 Å². The molecular formula is C14H21F4Na. The van der Waals surface area contributed by atoms with Crippen LogP contribution < -0.4 is 29.6 Å². The van der Waals surface area contributed by atoms with Gasteiger partial charge in [-0.3, -0.25) is 0 Å². The molecule has 0 atom stereocenters. The van der Waals surface area contributed by atoms with Gasteiger partial charge in [-0.25, -0.2) is 17.6 Å². The zero-order valence-electron chi connectivity index (χ0n) is 12.5. The van der Waals surface area contributed by atoms with E-state index < -0.39 is 18.8 Å². The van der Waals surface area contributed by atoms with Gasteiger partial charge in [0.05, 0.1) is 0 Å². The zero-order valence-corrected chi connectivity index (χ0v) is 13.5. The predicted octanol–water partition coefficient (Wildman–Crippen LogP) is 2.00. The van der Waals surface area contributed by atoms with Crippen LogP contribution in [-0.2, 0) is 0 Å². The molecule has 0 amide bonds. The van der Waals surface area contributed by atoms with Crippen molar-refractivity contribution in [1.82, 2.24) is 0 Å². The van der Waals surface area contributed by atoms with Gasteiger partial charge >= 0.3 is 41.9 Å². The van der Waals surface area contributed by atoms with Crippen LogP contribution in [0.1, 0.15) is 52.8 Å². The average Bonchev–Trinajstić information content (AvgIpc) is 2.24. The molecule has 0 aromatic rings. The maximum atomic E-state index is 13.1. The van der Waals surface area contributed by atoms with Gasteiger partial charge in [-0.05, 0) is 68.1 Å². The third-order valence-electron chi connectivity index (χ3n) is 5.47. The third kappa shape index (κ3) is 3.16. The van der Waals surface area contributed by atoms with Crippen molar-refractivity contribution in [3.63, 3.8) is 0 Å². The van der Waals surface area contributed by atoms with Gasteiger partial charge in [-0.2, -0.15) is 0 Å². The first-order chi connectivity index (χ1) is 8.39. The van der Waals surface area contributed by atoms with Gasteiger partial charge in [0.25, 0.3) is 0 Å². The van der Waals surface area contributed by atoms with Gasteiger partial charge in [0.1, 0.15) is 0 Å². The third-order valence-corrected chi connectivity index (χ3v) is 5.47. The van der Waals surface area contributed by atoms with Crippen molar-refractivity contribution in [2.45, 2.75) is 63.7 Å². The van der Waals surface area contributed by atoms with E-state index in [2.05, 4.69) is 0 Å². The molecule has 0 saturated heterocycles. The van der Waals surface area contributed by atoms with Gasteiger partial charge in [0.2, 0.25) is 0 Å². The Balaban J connectivity index is 0.000001000. The van der Waals surface area contributed by atoms with Gasteiger partial charge in [0, 0.05) is 6.42 Å². The van der Waals surface area contributed by atoms with Crippen LogP contribution in [0.5, 0.6) is 0 Å². The maximum absolute atomic E-state index is 13.1. The van der Waals surface area contributed by atoms with Crippen molar-refractivity contribution < 1.29 is 48.5 Å². The summed E-state index contributed by atoms with van der Waals surface area (Å²) < 4.78 is 50.6. The second-order valence-corrected chi connectivity index (χ2v) is 6.98. The van der Waals surface area contributed by atoms with Crippen LogP contribution >= 0.6 is 0 Å². The molecule has 0 N–H and O–H groups in total. The van der Waals surface area contributed by atoms with Crippen molar-refractivity contribution in [2.24, 2.45) is 23.2 Å². The fraction of sp³-hybridized carbons (Fsp3) is 1.00. The molecule has 0 radical (unpaired) electrons. The van der Waals surface area contributed by atoms with Crippen LogP contribution in [-0.4, -0.2) is 12.3 Å². The largest absolute Gasteiger partial charge is 1.00 e. The molecule has 0 aromatic carbocycles. The molecule has 4 rings (SSSR count). The number of halogens is 4. The topological polar surface area (TPSA) is 0 Å². The Hall–Kier alpha value is 0.720. The number of hydrogen-bond donors (Lipinski definition) is 0. The van der Waals surface area contributed by atoms with E-state index in [0.29, 0.717) is 24.2 Å². The summed E-state index contributed by atoms with van der Waals surface area (Å²) in [5.74, 6) is -1.71. The molecule has 19 heavy (non-hydrogen) atoms. The van der Waals surface area contributed by atoms with Crippen molar-refractivity contribution in [2.75, 3.05) is 0 Å². The van der Waals surface area contributed by atoms with E-state index in [0.717, 1.165) is 19.3 Å². The summed E-state index contributed by atoms with van der Waals surface area (Å²) in [6, 6.07) is 0. The first-order valence-electron chi connectivity index (χ1n) is 7.05. The molecular weight excluding hydrogens is 267 g/mol. The minimum Gasteiger partial charge on any atom is -1.00 e. The molecule has 0 aliphatic heterocycles. The molecule has 5 heteroatoms. The van der Waals surface area contributed by atoms with Crippen LogP contribution in [0.25, 0.3) is 0 Å². The van der Waals surface area contributed by atoms with E-state index in [9.17, 15) is 17.6 Å². The molecule has 106 valence electrons. The van der Waals surface area contributed by atoms with E-state index in [1.807, 2.05) is 0 Å². The molecule has 0 nitrogen and oxygen atoms in total. The summed E-state index contributed by atoms with van der Waals surface area (Å²) in [7, 11) is 0. The van der Waals surface area contributed by atoms with Crippen molar-refractivity contribution in [1.29, 1.82) is 0 Å². The molecule has 4 aliphatic rings. The van der Waals surface area contributed by atoms with Gasteiger partial charge in [-0.15, -0.1) is 0 Å². The van der Waals surface area contributed by atoms with E-state index in [-0.39, 0.29) is 36.4 Å². The minimum absolute atomic E-state index is 0. The van der Waals surface area contributed by atoms with E-state index >= 15 is 0 Å². The summed E-state index contributed by atoms with van der Waals surface area (Å²) in [6.45, 7) is 0. The average molecular weight is 288 g/mol. The fourth-order valence-electron chi connectivity index (χ4n) is 5.14. The minimum atomic E-state index is -3.79. The molecule has 4 saturated carbocycles. The molecule has 4 aliphatic carbocycles. The Morgan fingerprint density at radius 2 is 1.42 bits per heavy atom. The Kier molecular flexibility index (Phi) is 4.65. The molecule has 0 aromatic heterocycles. The smallest absolute Gasteiger partial charge is 1.00 e. The van der Waals surface area contributed by atoms with Crippen LogP contribution in [0.2, 0.25) is 0 Å². The number of alkyl halides is 4. The normalized spacial score (nSPS) is 40.6. The summed E-state index contributed by atoms with van der Waals surface area (Å²) in [5, 5.41) is 0. The summed E-state index contributed by atoms with van der Waals surface area (Å²) >= 11 is 0. The zero-order chi connectivity index (χ0) is 13.0. The first kappa shape index (κ1) is 16.1. The molecule has 0 spiro atoms. The van der Waals surface area contributed by atoms with Crippen molar-refractivity contribution >= 4 is 0 Å². The molecule has 0 heterocycles. The summed E-state index contributed by atoms with van der Waals surface area (Å²) in [6.07, 6.45) is 2.96. The monoisotopic (exact) mass is 288 g/mol. The SMILES string of the molecule is FC(F)C(F)(F)CCC12CC3CC(CC(C3)C1)C2.[H-].[Na+]. The van der Waals surface area contributed by atoms with E-state index in [4.69, 9.17) is 0 Å². The number of hydrogen-bond acceptors (Lipinski definition) is 0. The van der Waals surface area contributed by atoms with E-state index in [1.165, 1.54) is 19.3 Å². The van der Waals surface area contributed by atoms with Gasteiger partial charge in [-0.1, -0.05) is 0 Å². The molecule has 4 fully saturated rings. The fourth-order valence-corrected chi connectivity index (χ4v) is 5.14. The second kappa shape index (κ2) is 5.49. The second-order valence-electron chi connectivity index (χ2n) is 6.98. The van der Waals surface area contributed by atoms with Crippen LogP contribution in [0.3, 0.4) is 0 Å². The first-order valence-corrected chi connectivity index (χ1v) is 7.05. The predicted molar refractivity (Wildman–Crippen MR) is 61.9 cm³/mol. The summed E-state index contributed by atoms with van der Waals surface area (Å²) in [4.78, 5) is 0. The molecule has 0 unspecified atom stereocenters. The van der Waals surface area contributed by atoms with Gasteiger partial charge < -0.3 is 1.43 Å². The van der Waals surface area contributed by atoms with Crippen LogP contribution in [0.4, 0.5) is 17.6 Å². The number of rotatable bonds is 4. The Morgan fingerprint density at radius 3 is 1.79 bits per heavy atom. The summed E-state index contributed by atoms with van der Waals surface area (Å²) in [5.41, 5.74) is -0.0208. The van der Waals surface area contributed by atoms with Gasteiger partial charge in [0.15, 0.2) is 0 Å². The van der Waals surface area contributed by atoms with Crippen LogP contribution in [0.15, 0.2) is 0 Å². The Bertz CT molecular complexity index is 300. The maximum Gasteiger partial charge on any atom is 1.00 e. The molecule has 4 bridgehead atoms. The standard InChI is InChI=1S/C14H20F4.Na.H/c15-12(16)14(17,18)2-1-13-6-9-3-10(7-13)5-11(4-9)8-13;;/h9-12H,1-8H2;;/q;+1;-1. The van der Waals surface area contributed by atoms with E-state index in [1.54, 1.807) is 0 Å².